The summed E-state index contributed by atoms with van der Waals surface area (Å²) in [4.78, 5) is 3.80. The van der Waals surface area contributed by atoms with Crippen molar-refractivity contribution in [1.29, 1.82) is 0 Å². The number of hydrogen-bond acceptors (Lipinski definition) is 3. The predicted molar refractivity (Wildman–Crippen MR) is 69.0 cm³/mol. The smallest absolute Gasteiger partial charge is 0.143 e. The molecular formula is C14H15FN2O. The van der Waals surface area contributed by atoms with Crippen LogP contribution in [0.1, 0.15) is 24.9 Å². The highest BCUT2D eigenvalue weighted by Crippen LogP contribution is 2.23. The summed E-state index contributed by atoms with van der Waals surface area (Å²) in [6.45, 7) is 2.04. The van der Waals surface area contributed by atoms with Gasteiger partial charge < -0.3 is 10.4 Å². The number of rotatable bonds is 4. The zero-order valence-corrected chi connectivity index (χ0v) is 10.1. The molecule has 2 N–H and O–H groups in total. The number of benzene rings is 1. The third-order valence-corrected chi connectivity index (χ3v) is 2.75. The van der Waals surface area contributed by atoms with E-state index in [1.807, 2.05) is 19.1 Å². The summed E-state index contributed by atoms with van der Waals surface area (Å²) < 4.78 is 13.0. The van der Waals surface area contributed by atoms with Crippen molar-refractivity contribution in [3.05, 3.63) is 54.1 Å². The SMILES string of the molecule is CCC(Nc1cncc(F)c1)c1ccc(O)cc1. The molecular weight excluding hydrogens is 231 g/mol. The lowest BCUT2D eigenvalue weighted by molar-refractivity contribution is 0.475. The van der Waals surface area contributed by atoms with Gasteiger partial charge in [-0.25, -0.2) is 4.39 Å². The molecule has 2 rings (SSSR count). The molecule has 0 aliphatic carbocycles. The Hall–Kier alpha value is -2.10. The minimum atomic E-state index is -0.361. The number of phenols is 1. The second-order valence-electron chi connectivity index (χ2n) is 4.09. The Bertz CT molecular complexity index is 513. The van der Waals surface area contributed by atoms with E-state index in [0.29, 0.717) is 5.69 Å². The minimum absolute atomic E-state index is 0.0641. The quantitative estimate of drug-likeness (QED) is 0.868. The number of aromatic nitrogens is 1. The topological polar surface area (TPSA) is 45.2 Å². The van der Waals surface area contributed by atoms with Gasteiger partial charge in [0.15, 0.2) is 0 Å². The van der Waals surface area contributed by atoms with E-state index in [1.54, 1.807) is 18.3 Å². The maximum Gasteiger partial charge on any atom is 0.143 e. The van der Waals surface area contributed by atoms with Crippen molar-refractivity contribution in [2.75, 3.05) is 5.32 Å². The molecule has 0 bridgehead atoms. The summed E-state index contributed by atoms with van der Waals surface area (Å²) in [6.07, 6.45) is 3.61. The molecule has 1 aromatic heterocycles. The normalized spacial score (nSPS) is 12.1. The molecule has 1 aromatic carbocycles. The summed E-state index contributed by atoms with van der Waals surface area (Å²) in [5, 5.41) is 12.5. The molecule has 3 nitrogen and oxygen atoms in total. The standard InChI is InChI=1S/C14H15FN2O/c1-2-14(10-3-5-13(18)6-4-10)17-12-7-11(15)8-16-9-12/h3-9,14,17-18H,2H2,1H3. The van der Waals surface area contributed by atoms with Crippen LogP contribution in [-0.4, -0.2) is 10.1 Å². The van der Waals surface area contributed by atoms with E-state index in [9.17, 15) is 9.50 Å². The van der Waals surface area contributed by atoms with Crippen molar-refractivity contribution in [3.8, 4) is 5.75 Å². The van der Waals surface area contributed by atoms with E-state index in [-0.39, 0.29) is 17.6 Å². The first-order valence-corrected chi connectivity index (χ1v) is 5.85. The fourth-order valence-electron chi connectivity index (χ4n) is 1.82. The lowest BCUT2D eigenvalue weighted by Crippen LogP contribution is -2.09. The average Bonchev–Trinajstić information content (AvgIpc) is 2.37. The number of halogens is 1. The number of aromatic hydroxyl groups is 1. The Kier molecular flexibility index (Phi) is 3.77. The van der Waals surface area contributed by atoms with Crippen LogP contribution in [0, 0.1) is 5.82 Å². The Balaban J connectivity index is 2.17. The van der Waals surface area contributed by atoms with Gasteiger partial charge in [0.05, 0.1) is 24.1 Å². The van der Waals surface area contributed by atoms with E-state index in [0.717, 1.165) is 12.0 Å². The first-order chi connectivity index (χ1) is 8.69. The van der Waals surface area contributed by atoms with Gasteiger partial charge in [0, 0.05) is 6.07 Å². The van der Waals surface area contributed by atoms with Crippen molar-refractivity contribution < 1.29 is 9.50 Å². The molecule has 0 spiro atoms. The highest BCUT2D eigenvalue weighted by atomic mass is 19.1. The Morgan fingerprint density at radius 1 is 1.28 bits per heavy atom. The van der Waals surface area contributed by atoms with Crippen molar-refractivity contribution in [3.63, 3.8) is 0 Å². The summed E-state index contributed by atoms with van der Waals surface area (Å²) in [5.41, 5.74) is 1.69. The third-order valence-electron chi connectivity index (χ3n) is 2.75. The van der Waals surface area contributed by atoms with Gasteiger partial charge in [-0.3, -0.25) is 4.98 Å². The number of pyridine rings is 1. The Morgan fingerprint density at radius 2 is 2.00 bits per heavy atom. The summed E-state index contributed by atoms with van der Waals surface area (Å²) >= 11 is 0. The van der Waals surface area contributed by atoms with Crippen LogP contribution in [0.15, 0.2) is 42.7 Å². The molecule has 1 unspecified atom stereocenters. The van der Waals surface area contributed by atoms with E-state index in [1.165, 1.54) is 12.3 Å². The lowest BCUT2D eigenvalue weighted by Gasteiger charge is -2.18. The van der Waals surface area contributed by atoms with Crippen LogP contribution in [0.3, 0.4) is 0 Å². The molecule has 0 aliphatic heterocycles. The lowest BCUT2D eigenvalue weighted by atomic mass is 10.0. The number of anilines is 1. The predicted octanol–water partition coefficient (Wildman–Crippen LogP) is 3.49. The zero-order valence-electron chi connectivity index (χ0n) is 10.1. The second kappa shape index (κ2) is 5.49. The van der Waals surface area contributed by atoms with Crippen molar-refractivity contribution in [2.45, 2.75) is 19.4 Å². The van der Waals surface area contributed by atoms with Crippen LogP contribution < -0.4 is 5.32 Å². The van der Waals surface area contributed by atoms with Gasteiger partial charge >= 0.3 is 0 Å². The van der Waals surface area contributed by atoms with Gasteiger partial charge in [-0.15, -0.1) is 0 Å². The molecule has 94 valence electrons. The number of phenolic OH excluding ortho intramolecular Hbond substituents is 1. The van der Waals surface area contributed by atoms with Gasteiger partial charge in [0.1, 0.15) is 11.6 Å². The fraction of sp³-hybridized carbons (Fsp3) is 0.214. The van der Waals surface area contributed by atoms with Crippen LogP contribution >= 0.6 is 0 Å². The average molecular weight is 246 g/mol. The fourth-order valence-corrected chi connectivity index (χ4v) is 1.82. The minimum Gasteiger partial charge on any atom is -0.508 e. The molecule has 2 aromatic rings. The highest BCUT2D eigenvalue weighted by molar-refractivity contribution is 5.43. The van der Waals surface area contributed by atoms with Crippen molar-refractivity contribution in [2.24, 2.45) is 0 Å². The first-order valence-electron chi connectivity index (χ1n) is 5.85. The summed E-state index contributed by atoms with van der Waals surface area (Å²) in [5.74, 6) is -0.124. The monoisotopic (exact) mass is 246 g/mol. The molecule has 0 aliphatic rings. The Labute approximate surface area is 105 Å². The van der Waals surface area contributed by atoms with Crippen LogP contribution in [0.25, 0.3) is 0 Å². The van der Waals surface area contributed by atoms with Gasteiger partial charge in [0.25, 0.3) is 0 Å². The third kappa shape index (κ3) is 2.97. The number of hydrogen-bond donors (Lipinski definition) is 2. The number of nitrogens with one attached hydrogen (secondary N) is 1. The van der Waals surface area contributed by atoms with Gasteiger partial charge in [-0.05, 0) is 24.1 Å². The molecule has 0 fully saturated rings. The van der Waals surface area contributed by atoms with Gasteiger partial charge in [0.2, 0.25) is 0 Å². The molecule has 18 heavy (non-hydrogen) atoms. The van der Waals surface area contributed by atoms with E-state index in [2.05, 4.69) is 10.3 Å². The van der Waals surface area contributed by atoms with E-state index >= 15 is 0 Å². The van der Waals surface area contributed by atoms with E-state index < -0.39 is 0 Å². The molecule has 1 atom stereocenters. The van der Waals surface area contributed by atoms with Gasteiger partial charge in [-0.1, -0.05) is 19.1 Å². The van der Waals surface area contributed by atoms with Crippen molar-refractivity contribution in [1.82, 2.24) is 4.98 Å². The van der Waals surface area contributed by atoms with Crippen molar-refractivity contribution >= 4 is 5.69 Å². The Morgan fingerprint density at radius 3 is 2.61 bits per heavy atom. The molecule has 4 heteroatoms. The number of nitrogens with zero attached hydrogens (tertiary/aromatic N) is 1. The maximum absolute atomic E-state index is 13.0. The van der Waals surface area contributed by atoms with Crippen LogP contribution in [0.4, 0.5) is 10.1 Å². The van der Waals surface area contributed by atoms with E-state index in [4.69, 9.17) is 0 Å². The summed E-state index contributed by atoms with van der Waals surface area (Å²) in [6, 6.07) is 8.46. The molecule has 0 amide bonds. The largest absolute Gasteiger partial charge is 0.508 e. The van der Waals surface area contributed by atoms with Gasteiger partial charge in [-0.2, -0.15) is 0 Å². The molecule has 1 heterocycles. The maximum atomic E-state index is 13.0. The van der Waals surface area contributed by atoms with Crippen LogP contribution in [0.5, 0.6) is 5.75 Å². The van der Waals surface area contributed by atoms with Crippen LogP contribution in [0.2, 0.25) is 0 Å². The summed E-state index contributed by atoms with van der Waals surface area (Å²) in [7, 11) is 0. The molecule has 0 saturated carbocycles. The highest BCUT2D eigenvalue weighted by Gasteiger charge is 2.09. The first kappa shape index (κ1) is 12.4. The second-order valence-corrected chi connectivity index (χ2v) is 4.09. The zero-order chi connectivity index (χ0) is 13.0. The molecule has 0 saturated heterocycles. The molecule has 0 radical (unpaired) electrons. The van der Waals surface area contributed by atoms with Crippen LogP contribution in [-0.2, 0) is 0 Å².